The molecule has 2 fully saturated rings. The van der Waals surface area contributed by atoms with E-state index in [1.807, 2.05) is 0 Å². The molecule has 1 unspecified atom stereocenters. The number of likely N-dealkylation sites (tertiary alicyclic amines) is 1. The van der Waals surface area contributed by atoms with Crippen LogP contribution in [0, 0.1) is 23.2 Å². The molecule has 2 N–H and O–H groups in total. The Kier molecular flexibility index (Phi) is 3.05. The molecule has 3 nitrogen and oxygen atoms in total. The van der Waals surface area contributed by atoms with Crippen LogP contribution in [-0.2, 0) is 0 Å². The van der Waals surface area contributed by atoms with E-state index in [1.165, 1.54) is 19.3 Å². The fraction of sp³-hybridized carbons (Fsp3) is 0.909. The first-order valence-electron chi connectivity index (χ1n) is 5.67. The first kappa shape index (κ1) is 9.95. The quantitative estimate of drug-likeness (QED) is 0.726. The summed E-state index contributed by atoms with van der Waals surface area (Å²) in [5.41, 5.74) is 5.84. The predicted octanol–water partition coefficient (Wildman–Crippen LogP) is 0.959. The minimum atomic E-state index is 0.258. The Labute approximate surface area is 85.9 Å². The lowest BCUT2D eigenvalue weighted by atomic mass is 9.76. The molecule has 1 aliphatic carbocycles. The molecule has 0 radical (unpaired) electrons. The molecule has 2 rings (SSSR count). The maximum atomic E-state index is 9.08. The number of rotatable bonds is 3. The van der Waals surface area contributed by atoms with E-state index < -0.39 is 0 Å². The Balaban J connectivity index is 1.80. The van der Waals surface area contributed by atoms with Gasteiger partial charge in [-0.1, -0.05) is 6.42 Å². The molecule has 0 aromatic rings. The molecule has 14 heavy (non-hydrogen) atoms. The van der Waals surface area contributed by atoms with Crippen LogP contribution in [0.1, 0.15) is 25.7 Å². The Morgan fingerprint density at radius 1 is 1.43 bits per heavy atom. The topological polar surface area (TPSA) is 53.0 Å². The molecule has 1 saturated heterocycles. The monoisotopic (exact) mass is 193 g/mol. The van der Waals surface area contributed by atoms with E-state index in [-0.39, 0.29) is 5.92 Å². The highest BCUT2D eigenvalue weighted by atomic mass is 15.2. The van der Waals surface area contributed by atoms with E-state index in [4.69, 9.17) is 11.0 Å². The molecule has 0 aromatic heterocycles. The summed E-state index contributed by atoms with van der Waals surface area (Å²) in [5.74, 6) is 0.936. The fourth-order valence-corrected chi connectivity index (χ4v) is 2.44. The van der Waals surface area contributed by atoms with E-state index in [1.54, 1.807) is 0 Å². The van der Waals surface area contributed by atoms with Crippen LogP contribution in [-0.4, -0.2) is 30.6 Å². The SMILES string of the molecule is N#CC(CN1CC[C@H](N)C1)C1CCC1. The summed E-state index contributed by atoms with van der Waals surface area (Å²) >= 11 is 0. The summed E-state index contributed by atoms with van der Waals surface area (Å²) in [7, 11) is 0. The molecule has 0 bridgehead atoms. The third kappa shape index (κ3) is 2.08. The van der Waals surface area contributed by atoms with Gasteiger partial charge in [0.15, 0.2) is 0 Å². The van der Waals surface area contributed by atoms with Crippen molar-refractivity contribution < 1.29 is 0 Å². The van der Waals surface area contributed by atoms with Crippen LogP contribution in [0.5, 0.6) is 0 Å². The Morgan fingerprint density at radius 2 is 2.21 bits per heavy atom. The minimum absolute atomic E-state index is 0.258. The number of nitriles is 1. The van der Waals surface area contributed by atoms with Gasteiger partial charge in [0.2, 0.25) is 0 Å². The van der Waals surface area contributed by atoms with Crippen LogP contribution in [0.2, 0.25) is 0 Å². The zero-order valence-electron chi connectivity index (χ0n) is 8.65. The lowest BCUT2D eigenvalue weighted by Gasteiger charge is -2.31. The van der Waals surface area contributed by atoms with Gasteiger partial charge in [-0.15, -0.1) is 0 Å². The second-order valence-corrected chi connectivity index (χ2v) is 4.73. The maximum Gasteiger partial charge on any atom is 0.0672 e. The Hall–Kier alpha value is -0.590. The lowest BCUT2D eigenvalue weighted by Crippen LogP contribution is -2.34. The average molecular weight is 193 g/mol. The van der Waals surface area contributed by atoms with Crippen molar-refractivity contribution in [3.8, 4) is 6.07 Å². The van der Waals surface area contributed by atoms with Crippen molar-refractivity contribution in [2.24, 2.45) is 17.6 Å². The number of hydrogen-bond acceptors (Lipinski definition) is 3. The maximum absolute atomic E-state index is 9.08. The molecule has 78 valence electrons. The Morgan fingerprint density at radius 3 is 2.64 bits per heavy atom. The van der Waals surface area contributed by atoms with Crippen molar-refractivity contribution in [1.29, 1.82) is 5.26 Å². The standard InChI is InChI=1S/C11H19N3/c12-6-10(9-2-1-3-9)7-14-5-4-11(13)8-14/h9-11H,1-5,7-8,13H2/t10?,11-/m0/s1. The van der Waals surface area contributed by atoms with Crippen molar-refractivity contribution in [2.45, 2.75) is 31.7 Å². The van der Waals surface area contributed by atoms with Crippen molar-refractivity contribution in [1.82, 2.24) is 4.90 Å². The van der Waals surface area contributed by atoms with Gasteiger partial charge in [0.25, 0.3) is 0 Å². The van der Waals surface area contributed by atoms with Crippen molar-refractivity contribution in [3.63, 3.8) is 0 Å². The van der Waals surface area contributed by atoms with Crippen LogP contribution < -0.4 is 5.73 Å². The summed E-state index contributed by atoms with van der Waals surface area (Å²) in [5, 5.41) is 9.08. The molecule has 1 aliphatic heterocycles. The number of hydrogen-bond donors (Lipinski definition) is 1. The first-order valence-corrected chi connectivity index (χ1v) is 5.67. The van der Waals surface area contributed by atoms with Gasteiger partial charge in [-0.05, 0) is 31.7 Å². The summed E-state index contributed by atoms with van der Waals surface area (Å²) in [6.07, 6.45) is 4.95. The fourth-order valence-electron chi connectivity index (χ4n) is 2.44. The van der Waals surface area contributed by atoms with E-state index in [2.05, 4.69) is 11.0 Å². The highest BCUT2D eigenvalue weighted by molar-refractivity contribution is 4.94. The smallest absolute Gasteiger partial charge is 0.0672 e. The van der Waals surface area contributed by atoms with Crippen molar-refractivity contribution >= 4 is 0 Å². The largest absolute Gasteiger partial charge is 0.326 e. The van der Waals surface area contributed by atoms with E-state index >= 15 is 0 Å². The third-order valence-corrected chi connectivity index (χ3v) is 3.65. The third-order valence-electron chi connectivity index (χ3n) is 3.65. The molecule has 0 amide bonds. The predicted molar refractivity (Wildman–Crippen MR) is 55.5 cm³/mol. The van der Waals surface area contributed by atoms with Gasteiger partial charge >= 0.3 is 0 Å². The first-order chi connectivity index (χ1) is 6.79. The second-order valence-electron chi connectivity index (χ2n) is 4.73. The summed E-state index contributed by atoms with van der Waals surface area (Å²) < 4.78 is 0. The van der Waals surface area contributed by atoms with E-state index in [9.17, 15) is 0 Å². The molecule has 1 saturated carbocycles. The van der Waals surface area contributed by atoms with Gasteiger partial charge in [-0.25, -0.2) is 0 Å². The van der Waals surface area contributed by atoms with Gasteiger partial charge in [0, 0.05) is 19.1 Å². The molecule has 0 spiro atoms. The van der Waals surface area contributed by atoms with Crippen LogP contribution in [0.15, 0.2) is 0 Å². The van der Waals surface area contributed by atoms with Crippen LogP contribution >= 0.6 is 0 Å². The highest BCUT2D eigenvalue weighted by Crippen LogP contribution is 2.33. The van der Waals surface area contributed by atoms with Crippen molar-refractivity contribution in [2.75, 3.05) is 19.6 Å². The summed E-state index contributed by atoms with van der Waals surface area (Å²) in [4.78, 5) is 2.36. The van der Waals surface area contributed by atoms with Crippen LogP contribution in [0.25, 0.3) is 0 Å². The average Bonchev–Trinajstić information content (AvgIpc) is 2.47. The highest BCUT2D eigenvalue weighted by Gasteiger charge is 2.30. The van der Waals surface area contributed by atoms with Gasteiger partial charge in [-0.2, -0.15) is 5.26 Å². The second kappa shape index (κ2) is 4.29. The van der Waals surface area contributed by atoms with Gasteiger partial charge in [0.05, 0.1) is 12.0 Å². The van der Waals surface area contributed by atoms with Crippen molar-refractivity contribution in [3.05, 3.63) is 0 Å². The van der Waals surface area contributed by atoms with Gasteiger partial charge < -0.3 is 10.6 Å². The molecule has 0 aromatic carbocycles. The van der Waals surface area contributed by atoms with E-state index in [0.29, 0.717) is 12.0 Å². The molecule has 3 heteroatoms. The zero-order valence-corrected chi connectivity index (χ0v) is 8.65. The van der Waals surface area contributed by atoms with E-state index in [0.717, 1.165) is 26.1 Å². The molecule has 2 atom stereocenters. The van der Waals surface area contributed by atoms with Crippen LogP contribution in [0.3, 0.4) is 0 Å². The van der Waals surface area contributed by atoms with Gasteiger partial charge in [0.1, 0.15) is 0 Å². The zero-order chi connectivity index (χ0) is 9.97. The normalized spacial score (nSPS) is 31.0. The number of nitrogens with zero attached hydrogens (tertiary/aromatic N) is 2. The Bertz CT molecular complexity index is 229. The molecule has 1 heterocycles. The number of nitrogens with two attached hydrogens (primary N) is 1. The minimum Gasteiger partial charge on any atom is -0.326 e. The molecular formula is C11H19N3. The summed E-state index contributed by atoms with van der Waals surface area (Å²) in [6, 6.07) is 2.81. The molecule has 2 aliphatic rings. The van der Waals surface area contributed by atoms with Gasteiger partial charge in [-0.3, -0.25) is 0 Å². The lowest BCUT2D eigenvalue weighted by molar-refractivity contribution is 0.190. The summed E-state index contributed by atoms with van der Waals surface area (Å²) in [6.45, 7) is 3.03. The van der Waals surface area contributed by atoms with Crippen LogP contribution in [0.4, 0.5) is 0 Å². The molecular weight excluding hydrogens is 174 g/mol.